The Labute approximate surface area is 219 Å². The highest BCUT2D eigenvalue weighted by Gasteiger charge is 2.53. The zero-order valence-electron chi connectivity index (χ0n) is 19.9. The number of hydrogen-bond donors (Lipinski definition) is 4. The molecule has 4 N–H and O–H groups in total. The monoisotopic (exact) mass is 529 g/mol. The fraction of sp³-hybridized carbons (Fsp3) is 0.0741. The molecule has 0 bridgehead atoms. The molecule has 2 aromatic carbocycles. The highest BCUT2D eigenvalue weighted by Crippen LogP contribution is 2.31. The minimum absolute atomic E-state index is 0.260. The van der Waals surface area contributed by atoms with E-state index in [4.69, 9.17) is 13.6 Å². The van der Waals surface area contributed by atoms with E-state index in [-0.39, 0.29) is 5.76 Å². The summed E-state index contributed by atoms with van der Waals surface area (Å²) in [5, 5.41) is 16.0. The van der Waals surface area contributed by atoms with Gasteiger partial charge in [-0.2, -0.15) is 0 Å². The maximum absolute atomic E-state index is 11.8. The lowest BCUT2D eigenvalue weighted by molar-refractivity contribution is -0.157. The Balaban J connectivity index is 0.000000160. The number of imide groups is 3. The van der Waals surface area contributed by atoms with Crippen LogP contribution in [0.4, 0.5) is 9.59 Å². The molecule has 4 aromatic rings. The van der Waals surface area contributed by atoms with Gasteiger partial charge in [0.1, 0.15) is 11.5 Å². The second kappa shape index (κ2) is 10.1. The standard InChI is InChI=1S/C14H10N2O5.C13H9NO4/c17-11-14(20,12(18)16-13(19)15-11)10-7-6-9(21-10)8-4-2-1-3-5-8;15-12-11(18-13(16)14-12)10-7-6-9(17-10)8-4-2-1-3-5-8/h1-7,20H,(H2,15,16,17,18,19);1-7,11H,(H,14,15,16). The van der Waals surface area contributed by atoms with Crippen molar-refractivity contribution in [2.24, 2.45) is 0 Å². The molecule has 12 nitrogen and oxygen atoms in total. The normalized spacial score (nSPS) is 17.9. The van der Waals surface area contributed by atoms with Gasteiger partial charge in [-0.1, -0.05) is 60.7 Å². The predicted molar refractivity (Wildman–Crippen MR) is 131 cm³/mol. The lowest BCUT2D eigenvalue weighted by Crippen LogP contribution is -2.64. The van der Waals surface area contributed by atoms with E-state index in [2.05, 4.69) is 5.32 Å². The van der Waals surface area contributed by atoms with Crippen LogP contribution in [-0.2, 0) is 24.7 Å². The quantitative estimate of drug-likeness (QED) is 0.289. The number of ether oxygens (including phenoxy) is 1. The number of carbonyl (C=O) groups excluding carboxylic acids is 5. The summed E-state index contributed by atoms with van der Waals surface area (Å²) in [6.45, 7) is 0. The highest BCUT2D eigenvalue weighted by atomic mass is 16.6. The first-order chi connectivity index (χ1) is 18.8. The largest absolute Gasteiger partial charge is 0.457 e. The fourth-order valence-electron chi connectivity index (χ4n) is 3.83. The molecule has 6 rings (SSSR count). The van der Waals surface area contributed by atoms with Crippen LogP contribution in [0.2, 0.25) is 0 Å². The summed E-state index contributed by atoms with van der Waals surface area (Å²) in [5.41, 5.74) is -0.949. The van der Waals surface area contributed by atoms with Crippen molar-refractivity contribution in [1.82, 2.24) is 16.0 Å². The first-order valence-corrected chi connectivity index (χ1v) is 11.5. The average molecular weight is 529 g/mol. The minimum atomic E-state index is -2.57. The highest BCUT2D eigenvalue weighted by molar-refractivity contribution is 6.21. The third-order valence-electron chi connectivity index (χ3n) is 5.76. The second-order valence-corrected chi connectivity index (χ2v) is 8.32. The third-order valence-corrected chi connectivity index (χ3v) is 5.76. The predicted octanol–water partition coefficient (Wildman–Crippen LogP) is 2.75. The van der Waals surface area contributed by atoms with Crippen LogP contribution in [-0.4, -0.2) is 35.0 Å². The van der Waals surface area contributed by atoms with Crippen molar-refractivity contribution in [1.29, 1.82) is 0 Å². The Kier molecular flexibility index (Phi) is 6.52. The SMILES string of the molecule is O=C1NC(=O)C(O)(c2ccc(-c3ccccc3)o2)C(=O)N1.O=C1NC(=O)C(c2ccc(-c3ccccc3)o2)O1. The summed E-state index contributed by atoms with van der Waals surface area (Å²) in [4.78, 5) is 56.9. The van der Waals surface area contributed by atoms with Crippen LogP contribution in [0.1, 0.15) is 17.6 Å². The number of nitrogens with one attached hydrogen (secondary N) is 3. The topological polar surface area (TPSA) is 177 Å². The molecule has 0 radical (unpaired) electrons. The molecule has 39 heavy (non-hydrogen) atoms. The molecular formula is C27H19N3O9. The van der Waals surface area contributed by atoms with Crippen LogP contribution in [0.25, 0.3) is 22.6 Å². The molecule has 196 valence electrons. The number of carbonyl (C=O) groups is 5. The van der Waals surface area contributed by atoms with E-state index in [0.29, 0.717) is 17.3 Å². The number of hydrogen-bond acceptors (Lipinski definition) is 9. The van der Waals surface area contributed by atoms with Crippen molar-refractivity contribution >= 4 is 29.8 Å². The molecular weight excluding hydrogens is 510 g/mol. The van der Waals surface area contributed by atoms with Gasteiger partial charge >= 0.3 is 12.1 Å². The zero-order chi connectivity index (χ0) is 27.6. The van der Waals surface area contributed by atoms with E-state index >= 15 is 0 Å². The number of barbiturate groups is 1. The van der Waals surface area contributed by atoms with Crippen LogP contribution in [0.5, 0.6) is 0 Å². The van der Waals surface area contributed by atoms with Gasteiger partial charge < -0.3 is 18.7 Å². The van der Waals surface area contributed by atoms with Gasteiger partial charge in [-0.05, 0) is 24.3 Å². The van der Waals surface area contributed by atoms with Gasteiger partial charge in [-0.3, -0.25) is 30.3 Å². The second-order valence-electron chi connectivity index (χ2n) is 8.32. The lowest BCUT2D eigenvalue weighted by Gasteiger charge is -2.26. The molecule has 0 aliphatic carbocycles. The number of aliphatic hydroxyl groups is 1. The first kappa shape index (κ1) is 25.2. The number of furan rings is 2. The summed E-state index contributed by atoms with van der Waals surface area (Å²) in [5.74, 6) is -1.73. The van der Waals surface area contributed by atoms with E-state index in [1.807, 2.05) is 47.0 Å². The summed E-state index contributed by atoms with van der Waals surface area (Å²) in [6, 6.07) is 23.7. The first-order valence-electron chi connectivity index (χ1n) is 11.5. The summed E-state index contributed by atoms with van der Waals surface area (Å²) >= 11 is 0. The zero-order valence-corrected chi connectivity index (χ0v) is 19.9. The van der Waals surface area contributed by atoms with Gasteiger partial charge in [-0.15, -0.1) is 0 Å². The van der Waals surface area contributed by atoms with Crippen molar-refractivity contribution in [3.05, 3.63) is 96.4 Å². The van der Waals surface area contributed by atoms with Gasteiger partial charge in [0.25, 0.3) is 23.3 Å². The fourth-order valence-corrected chi connectivity index (χ4v) is 3.83. The maximum atomic E-state index is 11.8. The number of benzene rings is 2. The van der Waals surface area contributed by atoms with E-state index in [1.54, 1.807) is 36.4 Å². The van der Waals surface area contributed by atoms with Gasteiger partial charge in [0, 0.05) is 11.1 Å². The Morgan fingerprint density at radius 2 is 1.18 bits per heavy atom. The molecule has 4 heterocycles. The Morgan fingerprint density at radius 3 is 1.72 bits per heavy atom. The Hall–Kier alpha value is -5.49. The van der Waals surface area contributed by atoms with Crippen molar-refractivity contribution in [3.8, 4) is 22.6 Å². The summed E-state index contributed by atoms with van der Waals surface area (Å²) in [7, 11) is 0. The van der Waals surface area contributed by atoms with E-state index in [9.17, 15) is 29.1 Å². The third kappa shape index (κ3) is 4.91. The molecule has 1 atom stereocenters. The minimum Gasteiger partial charge on any atom is -0.457 e. The van der Waals surface area contributed by atoms with E-state index < -0.39 is 41.6 Å². The van der Waals surface area contributed by atoms with Crippen LogP contribution in [0.3, 0.4) is 0 Å². The molecule has 2 saturated heterocycles. The number of urea groups is 1. The summed E-state index contributed by atoms with van der Waals surface area (Å²) in [6.07, 6.45) is -1.74. The van der Waals surface area contributed by atoms with E-state index in [0.717, 1.165) is 11.1 Å². The number of cyclic esters (lactones) is 1. The van der Waals surface area contributed by atoms with Gasteiger partial charge in [0.05, 0.1) is 0 Å². The number of rotatable bonds is 4. The van der Waals surface area contributed by atoms with Gasteiger partial charge in [0.2, 0.25) is 6.10 Å². The maximum Gasteiger partial charge on any atom is 0.415 e. The number of amides is 6. The van der Waals surface area contributed by atoms with Crippen molar-refractivity contribution in [3.63, 3.8) is 0 Å². The van der Waals surface area contributed by atoms with Crippen LogP contribution >= 0.6 is 0 Å². The van der Waals surface area contributed by atoms with E-state index in [1.165, 1.54) is 12.1 Å². The van der Waals surface area contributed by atoms with Gasteiger partial charge in [-0.25, -0.2) is 9.59 Å². The molecule has 6 amide bonds. The number of alkyl carbamates (subject to hydrolysis) is 1. The van der Waals surface area contributed by atoms with Crippen LogP contribution in [0, 0.1) is 0 Å². The smallest absolute Gasteiger partial charge is 0.415 e. The van der Waals surface area contributed by atoms with Crippen molar-refractivity contribution < 1.29 is 42.7 Å². The molecule has 2 fully saturated rings. The molecule has 2 aromatic heterocycles. The lowest BCUT2D eigenvalue weighted by atomic mass is 9.97. The molecule has 12 heteroatoms. The van der Waals surface area contributed by atoms with Crippen LogP contribution < -0.4 is 16.0 Å². The average Bonchev–Trinajstić information content (AvgIpc) is 3.69. The Bertz CT molecular complexity index is 1550. The molecule has 2 aliphatic rings. The van der Waals surface area contributed by atoms with Crippen molar-refractivity contribution in [2.75, 3.05) is 0 Å². The molecule has 1 unspecified atom stereocenters. The van der Waals surface area contributed by atoms with Gasteiger partial charge in [0.15, 0.2) is 11.5 Å². The molecule has 2 aliphatic heterocycles. The molecule has 0 saturated carbocycles. The summed E-state index contributed by atoms with van der Waals surface area (Å²) < 4.78 is 15.8. The Morgan fingerprint density at radius 1 is 0.641 bits per heavy atom. The molecule has 0 spiro atoms. The van der Waals surface area contributed by atoms with Crippen molar-refractivity contribution in [2.45, 2.75) is 11.7 Å². The van der Waals surface area contributed by atoms with Crippen LogP contribution in [0.15, 0.2) is 93.8 Å².